The lowest BCUT2D eigenvalue weighted by Gasteiger charge is -2.01. The minimum atomic E-state index is 0.392. The Balaban J connectivity index is 1.95. The first-order valence-electron chi connectivity index (χ1n) is 6.31. The van der Waals surface area contributed by atoms with E-state index >= 15 is 0 Å². The van der Waals surface area contributed by atoms with Crippen molar-refractivity contribution in [3.05, 3.63) is 71.8 Å². The fourth-order valence-electron chi connectivity index (χ4n) is 3.20. The van der Waals surface area contributed by atoms with Crippen molar-refractivity contribution >= 4 is 0 Å². The summed E-state index contributed by atoms with van der Waals surface area (Å²) in [6, 6.07) is 21.8. The Kier molecular flexibility index (Phi) is 2.32. The molecule has 17 heavy (non-hydrogen) atoms. The number of rotatable bonds is 2. The molecule has 86 valence electrons. The standard InChI is InChI=1S/C17H18/c1-17(2)15(13-9-5-3-6-10-13)16(17)14-11-7-4-8-12-14/h3-12,15-16H,1-2H3/t15-,16+. The van der Waals surface area contributed by atoms with Crippen LogP contribution in [-0.2, 0) is 0 Å². The first kappa shape index (κ1) is 10.6. The molecule has 2 aromatic carbocycles. The van der Waals surface area contributed by atoms with E-state index in [-0.39, 0.29) is 0 Å². The second kappa shape index (κ2) is 3.73. The summed E-state index contributed by atoms with van der Waals surface area (Å²) < 4.78 is 0. The quantitative estimate of drug-likeness (QED) is 0.697. The largest absolute Gasteiger partial charge is 0.0622 e. The Bertz CT molecular complexity index is 449. The minimum Gasteiger partial charge on any atom is -0.0622 e. The molecular weight excluding hydrogens is 204 g/mol. The molecule has 0 unspecified atom stereocenters. The zero-order chi connectivity index (χ0) is 11.9. The number of benzene rings is 2. The van der Waals surface area contributed by atoms with Crippen LogP contribution in [0.5, 0.6) is 0 Å². The Morgan fingerprint density at radius 1 is 0.647 bits per heavy atom. The van der Waals surface area contributed by atoms with Gasteiger partial charge in [-0.1, -0.05) is 74.5 Å². The zero-order valence-corrected chi connectivity index (χ0v) is 10.4. The smallest absolute Gasteiger partial charge is 0.00304 e. The monoisotopic (exact) mass is 222 g/mol. The predicted octanol–water partition coefficient (Wildman–Crippen LogP) is 4.59. The molecular formula is C17H18. The van der Waals surface area contributed by atoms with Crippen molar-refractivity contribution in [3.8, 4) is 0 Å². The molecule has 3 rings (SSSR count). The maximum Gasteiger partial charge on any atom is -0.00304 e. The van der Waals surface area contributed by atoms with E-state index in [9.17, 15) is 0 Å². The van der Waals surface area contributed by atoms with E-state index in [4.69, 9.17) is 0 Å². The molecule has 0 heterocycles. The lowest BCUT2D eigenvalue weighted by atomic mass is 10.0. The predicted molar refractivity (Wildman–Crippen MR) is 72.1 cm³/mol. The molecule has 0 saturated heterocycles. The second-order valence-corrected chi connectivity index (χ2v) is 5.60. The Morgan fingerprint density at radius 2 is 1.00 bits per heavy atom. The molecule has 1 saturated carbocycles. The van der Waals surface area contributed by atoms with E-state index in [0.29, 0.717) is 17.3 Å². The molecule has 1 aliphatic carbocycles. The van der Waals surface area contributed by atoms with Crippen LogP contribution in [0.3, 0.4) is 0 Å². The Hall–Kier alpha value is -1.56. The van der Waals surface area contributed by atoms with E-state index in [1.54, 1.807) is 0 Å². The summed E-state index contributed by atoms with van der Waals surface area (Å²) in [5.41, 5.74) is 3.35. The lowest BCUT2D eigenvalue weighted by molar-refractivity contribution is 0.601. The van der Waals surface area contributed by atoms with Gasteiger partial charge in [-0.05, 0) is 28.4 Å². The number of hydrogen-bond donors (Lipinski definition) is 0. The van der Waals surface area contributed by atoms with E-state index in [1.165, 1.54) is 11.1 Å². The van der Waals surface area contributed by atoms with Gasteiger partial charge in [0, 0.05) is 0 Å². The van der Waals surface area contributed by atoms with Crippen molar-refractivity contribution in [2.24, 2.45) is 5.41 Å². The van der Waals surface area contributed by atoms with Crippen molar-refractivity contribution < 1.29 is 0 Å². The summed E-state index contributed by atoms with van der Waals surface area (Å²) in [4.78, 5) is 0. The molecule has 0 amide bonds. The zero-order valence-electron chi connectivity index (χ0n) is 10.4. The van der Waals surface area contributed by atoms with E-state index in [0.717, 1.165) is 0 Å². The average molecular weight is 222 g/mol. The molecule has 0 N–H and O–H groups in total. The second-order valence-electron chi connectivity index (χ2n) is 5.60. The third-order valence-electron chi connectivity index (χ3n) is 4.14. The maximum absolute atomic E-state index is 2.38. The molecule has 2 aromatic rings. The SMILES string of the molecule is CC1(C)[C@H](c2ccccc2)[C@@H]1c1ccccc1. The van der Waals surface area contributed by atoms with Crippen LogP contribution in [0.25, 0.3) is 0 Å². The van der Waals surface area contributed by atoms with Crippen LogP contribution in [0.2, 0.25) is 0 Å². The molecule has 0 heteroatoms. The minimum absolute atomic E-state index is 0.392. The van der Waals surface area contributed by atoms with E-state index in [1.807, 2.05) is 0 Å². The molecule has 1 fully saturated rings. The first-order valence-corrected chi connectivity index (χ1v) is 6.31. The van der Waals surface area contributed by atoms with Crippen molar-refractivity contribution in [1.29, 1.82) is 0 Å². The fraction of sp³-hybridized carbons (Fsp3) is 0.294. The highest BCUT2D eigenvalue weighted by Gasteiger charge is 2.58. The van der Waals surface area contributed by atoms with Crippen molar-refractivity contribution in [2.45, 2.75) is 25.7 Å². The van der Waals surface area contributed by atoms with Crippen LogP contribution in [0, 0.1) is 5.41 Å². The molecule has 0 aromatic heterocycles. The normalized spacial score (nSPS) is 25.5. The average Bonchev–Trinajstić information content (AvgIpc) is 2.94. The van der Waals surface area contributed by atoms with Gasteiger partial charge in [-0.3, -0.25) is 0 Å². The van der Waals surface area contributed by atoms with Gasteiger partial charge in [-0.15, -0.1) is 0 Å². The lowest BCUT2D eigenvalue weighted by Crippen LogP contribution is -1.90. The summed E-state index contributed by atoms with van der Waals surface area (Å²) in [6.45, 7) is 4.75. The van der Waals surface area contributed by atoms with E-state index in [2.05, 4.69) is 74.5 Å². The summed E-state index contributed by atoms with van der Waals surface area (Å²) >= 11 is 0. The molecule has 0 spiro atoms. The van der Waals surface area contributed by atoms with Gasteiger partial charge in [0.1, 0.15) is 0 Å². The highest BCUT2D eigenvalue weighted by Crippen LogP contribution is 2.69. The van der Waals surface area contributed by atoms with Crippen LogP contribution >= 0.6 is 0 Å². The summed E-state index contributed by atoms with van der Waals surface area (Å²) in [5, 5.41) is 0. The third-order valence-corrected chi connectivity index (χ3v) is 4.14. The third kappa shape index (κ3) is 1.68. The molecule has 1 aliphatic rings. The molecule has 0 nitrogen and oxygen atoms in total. The van der Waals surface area contributed by atoms with Gasteiger partial charge in [0.15, 0.2) is 0 Å². The van der Waals surface area contributed by atoms with Gasteiger partial charge >= 0.3 is 0 Å². The maximum atomic E-state index is 2.38. The first-order chi connectivity index (χ1) is 8.21. The summed E-state index contributed by atoms with van der Waals surface area (Å²) in [5.74, 6) is 1.34. The van der Waals surface area contributed by atoms with Crippen molar-refractivity contribution in [1.82, 2.24) is 0 Å². The molecule has 2 atom stereocenters. The van der Waals surface area contributed by atoms with Crippen molar-refractivity contribution in [2.75, 3.05) is 0 Å². The Labute approximate surface area is 103 Å². The van der Waals surface area contributed by atoms with Gasteiger partial charge in [-0.2, -0.15) is 0 Å². The van der Waals surface area contributed by atoms with Gasteiger partial charge in [0.2, 0.25) is 0 Å². The van der Waals surface area contributed by atoms with Gasteiger partial charge in [0.05, 0.1) is 0 Å². The highest BCUT2D eigenvalue weighted by molar-refractivity contribution is 5.42. The topological polar surface area (TPSA) is 0 Å². The van der Waals surface area contributed by atoms with Crippen molar-refractivity contribution in [3.63, 3.8) is 0 Å². The molecule has 0 bridgehead atoms. The van der Waals surface area contributed by atoms with E-state index < -0.39 is 0 Å². The molecule has 0 radical (unpaired) electrons. The van der Waals surface area contributed by atoms with Gasteiger partial charge in [-0.25, -0.2) is 0 Å². The van der Waals surface area contributed by atoms with Crippen LogP contribution in [0.15, 0.2) is 60.7 Å². The highest BCUT2D eigenvalue weighted by atomic mass is 14.6. The van der Waals surface area contributed by atoms with Crippen LogP contribution in [0.4, 0.5) is 0 Å². The summed E-state index contributed by atoms with van der Waals surface area (Å²) in [6.07, 6.45) is 0. The Morgan fingerprint density at radius 3 is 1.35 bits per heavy atom. The van der Waals surface area contributed by atoms with Gasteiger partial charge < -0.3 is 0 Å². The van der Waals surface area contributed by atoms with Crippen LogP contribution in [-0.4, -0.2) is 0 Å². The van der Waals surface area contributed by atoms with Crippen LogP contribution in [0.1, 0.15) is 36.8 Å². The van der Waals surface area contributed by atoms with Crippen LogP contribution < -0.4 is 0 Å². The van der Waals surface area contributed by atoms with Gasteiger partial charge in [0.25, 0.3) is 0 Å². The molecule has 0 aliphatic heterocycles. The summed E-state index contributed by atoms with van der Waals surface area (Å²) in [7, 11) is 0. The fourth-order valence-corrected chi connectivity index (χ4v) is 3.20. The number of hydrogen-bond acceptors (Lipinski definition) is 0.